The Balaban J connectivity index is 1.59. The molecule has 1 amide bonds. The Hall–Kier alpha value is -1.73. The van der Waals surface area contributed by atoms with Gasteiger partial charge in [-0.1, -0.05) is 31.8 Å². The van der Waals surface area contributed by atoms with Crippen LogP contribution in [0.25, 0.3) is 0 Å². The van der Waals surface area contributed by atoms with E-state index >= 15 is 0 Å². The largest absolute Gasteiger partial charge is 0.465 e. The Bertz CT molecular complexity index is 793. The first-order chi connectivity index (χ1) is 15.9. The molecule has 0 spiro atoms. The molecule has 0 saturated heterocycles. The first-order valence-electron chi connectivity index (χ1n) is 13.0. The molecule has 0 aliphatic heterocycles. The maximum atomic E-state index is 12.5. The van der Waals surface area contributed by atoms with E-state index in [-0.39, 0.29) is 12.1 Å². The monoisotopic (exact) mass is 490 g/mol. The highest BCUT2D eigenvalue weighted by molar-refractivity contribution is 6.76. The Labute approximate surface area is 207 Å². The lowest BCUT2D eigenvalue weighted by Crippen LogP contribution is -2.46. The van der Waals surface area contributed by atoms with Crippen LogP contribution in [0.5, 0.6) is 5.75 Å². The van der Waals surface area contributed by atoms with Crippen LogP contribution in [0, 0.1) is 0 Å². The molecule has 192 valence electrons. The van der Waals surface area contributed by atoms with E-state index in [0.717, 1.165) is 44.1 Å². The van der Waals surface area contributed by atoms with Crippen LogP contribution in [0.4, 0.5) is 10.5 Å². The van der Waals surface area contributed by atoms with Crippen molar-refractivity contribution in [2.24, 2.45) is 0 Å². The topological polar surface area (TPSA) is 51.2 Å². The Morgan fingerprint density at radius 1 is 0.971 bits per heavy atom. The molecule has 1 aromatic carbocycles. The fourth-order valence-corrected chi connectivity index (χ4v) is 5.34. The van der Waals surface area contributed by atoms with Gasteiger partial charge >= 0.3 is 6.09 Å². The summed E-state index contributed by atoms with van der Waals surface area (Å²) in [5, 5.41) is 0. The SMILES string of the molecule is CN(C(=O)OC(C)(C)C)[C@H]1CC[C@H](N(c2ccccc2OCOCC[Si](C)(C)C)C2CC2)CC1. The zero-order valence-electron chi connectivity index (χ0n) is 22.4. The molecular weight excluding hydrogens is 444 g/mol. The Morgan fingerprint density at radius 3 is 2.09 bits per heavy atom. The molecule has 1 aromatic rings. The number of hydrogen-bond acceptors (Lipinski definition) is 5. The van der Waals surface area contributed by atoms with Gasteiger partial charge < -0.3 is 24.0 Å². The van der Waals surface area contributed by atoms with Crippen molar-refractivity contribution >= 4 is 19.9 Å². The normalized spacial score (nSPS) is 21.1. The van der Waals surface area contributed by atoms with Gasteiger partial charge in [0, 0.05) is 39.9 Å². The van der Waals surface area contributed by atoms with Crippen LogP contribution in [-0.4, -0.2) is 63.2 Å². The second-order valence-corrected chi connectivity index (χ2v) is 17.8. The van der Waals surface area contributed by atoms with Crippen molar-refractivity contribution in [1.82, 2.24) is 4.90 Å². The van der Waals surface area contributed by atoms with Gasteiger partial charge in [0.25, 0.3) is 0 Å². The average Bonchev–Trinajstić information content (AvgIpc) is 3.58. The molecule has 3 rings (SSSR count). The van der Waals surface area contributed by atoms with Gasteiger partial charge in [-0.15, -0.1) is 0 Å². The molecule has 0 N–H and O–H groups in total. The smallest absolute Gasteiger partial charge is 0.410 e. The van der Waals surface area contributed by atoms with Crippen LogP contribution < -0.4 is 9.64 Å². The number of amides is 1. The molecule has 0 unspecified atom stereocenters. The summed E-state index contributed by atoms with van der Waals surface area (Å²) in [7, 11) is 0.779. The quantitative estimate of drug-likeness (QED) is 0.212. The summed E-state index contributed by atoms with van der Waals surface area (Å²) in [5.41, 5.74) is 0.718. The van der Waals surface area contributed by atoms with Crippen molar-refractivity contribution < 1.29 is 19.0 Å². The number of carbonyl (C=O) groups is 1. The number of ether oxygens (including phenoxy) is 3. The van der Waals surface area contributed by atoms with Crippen molar-refractivity contribution in [2.75, 3.05) is 25.3 Å². The second kappa shape index (κ2) is 11.3. The van der Waals surface area contributed by atoms with Crippen LogP contribution in [0.3, 0.4) is 0 Å². The third-order valence-electron chi connectivity index (χ3n) is 6.67. The summed E-state index contributed by atoms with van der Waals surface area (Å²) in [6.45, 7) is 13.9. The van der Waals surface area contributed by atoms with Crippen molar-refractivity contribution in [3.05, 3.63) is 24.3 Å². The summed E-state index contributed by atoms with van der Waals surface area (Å²) in [4.78, 5) is 16.9. The molecule has 2 aliphatic carbocycles. The number of para-hydroxylation sites is 2. The molecule has 0 heterocycles. The van der Waals surface area contributed by atoms with Gasteiger partial charge in [-0.05, 0) is 77.5 Å². The number of hydrogen-bond donors (Lipinski definition) is 0. The molecular formula is C27H46N2O4Si. The van der Waals surface area contributed by atoms with E-state index in [1.54, 1.807) is 4.90 Å². The van der Waals surface area contributed by atoms with E-state index in [0.29, 0.717) is 18.9 Å². The predicted octanol–water partition coefficient (Wildman–Crippen LogP) is 6.52. The lowest BCUT2D eigenvalue weighted by atomic mass is 9.89. The van der Waals surface area contributed by atoms with E-state index in [9.17, 15) is 4.79 Å². The standard InChI is InChI=1S/C27H46N2O4Si/c1-27(2,3)33-26(30)28(4)21-12-14-22(15-13-21)29(23-16-17-23)24-10-8-9-11-25(24)32-20-31-18-19-34(5,6)7/h8-11,21-23H,12-20H2,1-7H3/t21-,22-. The van der Waals surface area contributed by atoms with Gasteiger partial charge in [-0.3, -0.25) is 0 Å². The minimum Gasteiger partial charge on any atom is -0.465 e. The molecule has 2 fully saturated rings. The van der Waals surface area contributed by atoms with Crippen LogP contribution >= 0.6 is 0 Å². The van der Waals surface area contributed by atoms with Crippen LogP contribution in [0.15, 0.2) is 24.3 Å². The van der Waals surface area contributed by atoms with Gasteiger partial charge in [0.15, 0.2) is 6.79 Å². The molecule has 0 radical (unpaired) electrons. The van der Waals surface area contributed by atoms with Crippen LogP contribution in [0.2, 0.25) is 25.7 Å². The first-order valence-corrected chi connectivity index (χ1v) is 16.7. The van der Waals surface area contributed by atoms with Gasteiger partial charge in [0.05, 0.1) is 5.69 Å². The fourth-order valence-electron chi connectivity index (χ4n) is 4.59. The molecule has 34 heavy (non-hydrogen) atoms. The van der Waals surface area contributed by atoms with Gasteiger partial charge in [-0.2, -0.15) is 0 Å². The third-order valence-corrected chi connectivity index (χ3v) is 8.37. The van der Waals surface area contributed by atoms with Gasteiger partial charge in [-0.25, -0.2) is 4.79 Å². The van der Waals surface area contributed by atoms with Crippen LogP contribution in [-0.2, 0) is 9.47 Å². The second-order valence-electron chi connectivity index (χ2n) is 12.1. The van der Waals surface area contributed by atoms with Crippen molar-refractivity contribution in [3.63, 3.8) is 0 Å². The zero-order chi connectivity index (χ0) is 24.9. The maximum Gasteiger partial charge on any atom is 0.410 e. The third kappa shape index (κ3) is 8.19. The summed E-state index contributed by atoms with van der Waals surface area (Å²) >= 11 is 0. The lowest BCUT2D eigenvalue weighted by Gasteiger charge is -2.41. The van der Waals surface area contributed by atoms with Crippen molar-refractivity contribution in [2.45, 2.75) is 109 Å². The van der Waals surface area contributed by atoms with Gasteiger partial charge in [0.2, 0.25) is 0 Å². The molecule has 7 heteroatoms. The highest BCUT2D eigenvalue weighted by Crippen LogP contribution is 2.42. The Kier molecular flexibility index (Phi) is 8.96. The fraction of sp³-hybridized carbons (Fsp3) is 0.741. The number of rotatable bonds is 10. The zero-order valence-corrected chi connectivity index (χ0v) is 23.4. The van der Waals surface area contributed by atoms with Gasteiger partial charge in [0.1, 0.15) is 11.4 Å². The lowest BCUT2D eigenvalue weighted by molar-refractivity contribution is 0.0182. The highest BCUT2D eigenvalue weighted by Gasteiger charge is 2.38. The first kappa shape index (κ1) is 26.9. The summed E-state index contributed by atoms with van der Waals surface area (Å²) in [6.07, 6.45) is 6.36. The predicted molar refractivity (Wildman–Crippen MR) is 142 cm³/mol. The maximum absolute atomic E-state index is 12.5. The number of nitrogens with zero attached hydrogens (tertiary/aromatic N) is 2. The van der Waals surface area contributed by atoms with E-state index < -0.39 is 13.7 Å². The van der Waals surface area contributed by atoms with E-state index in [1.165, 1.54) is 18.5 Å². The number of anilines is 1. The molecule has 2 saturated carbocycles. The van der Waals surface area contributed by atoms with Crippen molar-refractivity contribution in [1.29, 1.82) is 0 Å². The van der Waals surface area contributed by atoms with Crippen molar-refractivity contribution in [3.8, 4) is 5.75 Å². The van der Waals surface area contributed by atoms with E-state index in [4.69, 9.17) is 14.2 Å². The van der Waals surface area contributed by atoms with E-state index in [2.05, 4.69) is 42.7 Å². The summed E-state index contributed by atoms with van der Waals surface area (Å²) in [6, 6.07) is 10.8. The minimum absolute atomic E-state index is 0.220. The number of carbonyl (C=O) groups excluding carboxylic acids is 1. The molecule has 0 aromatic heterocycles. The Morgan fingerprint density at radius 2 is 1.53 bits per heavy atom. The average molecular weight is 491 g/mol. The molecule has 2 aliphatic rings. The van der Waals surface area contributed by atoms with Crippen LogP contribution in [0.1, 0.15) is 59.3 Å². The molecule has 0 bridgehead atoms. The highest BCUT2D eigenvalue weighted by atomic mass is 28.3. The summed E-state index contributed by atoms with van der Waals surface area (Å²) in [5.74, 6) is 0.912. The molecule has 0 atom stereocenters. The molecule has 6 nitrogen and oxygen atoms in total. The number of benzene rings is 1. The minimum atomic E-state index is -1.10. The summed E-state index contributed by atoms with van der Waals surface area (Å²) < 4.78 is 17.5. The van der Waals surface area contributed by atoms with E-state index in [1.807, 2.05) is 33.9 Å².